The number of aromatic nitrogens is 1. The van der Waals surface area contributed by atoms with Gasteiger partial charge in [0.05, 0.1) is 18.9 Å². The topological polar surface area (TPSA) is 73.6 Å². The van der Waals surface area contributed by atoms with E-state index >= 15 is 0 Å². The largest absolute Gasteiger partial charge is 0.361 e. The van der Waals surface area contributed by atoms with Crippen LogP contribution in [-0.4, -0.2) is 37.1 Å². The summed E-state index contributed by atoms with van der Waals surface area (Å²) in [7, 11) is 0. The minimum atomic E-state index is -0.117. The second-order valence-corrected chi connectivity index (χ2v) is 6.20. The number of hydrogen-bond acceptors (Lipinski definition) is 5. The molecule has 1 aliphatic rings. The summed E-state index contributed by atoms with van der Waals surface area (Å²) >= 11 is 0. The molecule has 23 heavy (non-hydrogen) atoms. The molecule has 2 heterocycles. The Labute approximate surface area is 137 Å². The van der Waals surface area contributed by atoms with Crippen molar-refractivity contribution in [2.45, 2.75) is 59.7 Å². The van der Waals surface area contributed by atoms with E-state index in [1.165, 1.54) is 0 Å². The van der Waals surface area contributed by atoms with E-state index in [1.54, 1.807) is 13.8 Å². The van der Waals surface area contributed by atoms with Crippen molar-refractivity contribution in [1.29, 1.82) is 0 Å². The SMILES string of the molecule is CCC(CC)(CCCNC(=O)c1c(C)noc1C)C1OCCO1. The Kier molecular flexibility index (Phi) is 6.18. The summed E-state index contributed by atoms with van der Waals surface area (Å²) in [5.74, 6) is 0.442. The molecule has 1 aromatic heterocycles. The first-order chi connectivity index (χ1) is 11.0. The molecular formula is C17H28N2O4. The maximum atomic E-state index is 12.2. The third-order valence-corrected chi connectivity index (χ3v) is 4.93. The molecular weight excluding hydrogens is 296 g/mol. The van der Waals surface area contributed by atoms with Gasteiger partial charge in [-0.3, -0.25) is 4.79 Å². The normalized spacial score (nSPS) is 16.0. The Morgan fingerprint density at radius 2 is 1.91 bits per heavy atom. The monoisotopic (exact) mass is 324 g/mol. The van der Waals surface area contributed by atoms with Gasteiger partial charge < -0.3 is 19.3 Å². The van der Waals surface area contributed by atoms with Crippen LogP contribution in [0.5, 0.6) is 0 Å². The van der Waals surface area contributed by atoms with Crippen molar-refractivity contribution >= 4 is 5.91 Å². The van der Waals surface area contributed by atoms with Gasteiger partial charge in [-0.1, -0.05) is 19.0 Å². The van der Waals surface area contributed by atoms with Crippen molar-refractivity contribution in [3.63, 3.8) is 0 Å². The molecule has 0 unspecified atom stereocenters. The van der Waals surface area contributed by atoms with Gasteiger partial charge in [0.25, 0.3) is 5.91 Å². The summed E-state index contributed by atoms with van der Waals surface area (Å²) < 4.78 is 16.5. The minimum Gasteiger partial charge on any atom is -0.361 e. The Bertz CT molecular complexity index is 497. The first kappa shape index (κ1) is 17.9. The van der Waals surface area contributed by atoms with Crippen molar-refractivity contribution in [1.82, 2.24) is 10.5 Å². The Morgan fingerprint density at radius 3 is 2.43 bits per heavy atom. The van der Waals surface area contributed by atoms with Crippen LogP contribution < -0.4 is 5.32 Å². The van der Waals surface area contributed by atoms with Gasteiger partial charge in [0.1, 0.15) is 11.3 Å². The summed E-state index contributed by atoms with van der Waals surface area (Å²) in [6.45, 7) is 9.86. The number of nitrogens with zero attached hydrogens (tertiary/aromatic N) is 1. The lowest BCUT2D eigenvalue weighted by Gasteiger charge is -2.36. The van der Waals surface area contributed by atoms with Crippen molar-refractivity contribution < 1.29 is 18.8 Å². The van der Waals surface area contributed by atoms with Crippen LogP contribution >= 0.6 is 0 Å². The van der Waals surface area contributed by atoms with Crippen molar-refractivity contribution in [3.05, 3.63) is 17.0 Å². The fourth-order valence-electron chi connectivity index (χ4n) is 3.30. The van der Waals surface area contributed by atoms with Gasteiger partial charge in [-0.15, -0.1) is 0 Å². The van der Waals surface area contributed by atoms with E-state index in [9.17, 15) is 4.79 Å². The summed E-state index contributed by atoms with van der Waals surface area (Å²) in [5, 5.41) is 6.77. The number of carbonyl (C=O) groups excluding carboxylic acids is 1. The van der Waals surface area contributed by atoms with E-state index in [-0.39, 0.29) is 17.6 Å². The molecule has 0 spiro atoms. The Hall–Kier alpha value is -1.40. The minimum absolute atomic E-state index is 0.0320. The molecule has 1 fully saturated rings. The second kappa shape index (κ2) is 7.93. The van der Waals surface area contributed by atoms with Crippen LogP contribution in [-0.2, 0) is 9.47 Å². The number of carbonyl (C=O) groups is 1. The summed E-state index contributed by atoms with van der Waals surface area (Å²) in [6, 6.07) is 0. The average Bonchev–Trinajstić information content (AvgIpc) is 3.19. The number of nitrogens with one attached hydrogen (secondary N) is 1. The summed E-state index contributed by atoms with van der Waals surface area (Å²) in [6.07, 6.45) is 3.75. The van der Waals surface area contributed by atoms with E-state index in [0.717, 1.165) is 25.7 Å². The number of hydrogen-bond donors (Lipinski definition) is 1. The fraction of sp³-hybridized carbons (Fsp3) is 0.765. The van der Waals surface area contributed by atoms with Crippen LogP contribution in [0.15, 0.2) is 4.52 Å². The van der Waals surface area contributed by atoms with Gasteiger partial charge in [0, 0.05) is 12.0 Å². The highest BCUT2D eigenvalue weighted by Crippen LogP contribution is 2.39. The lowest BCUT2D eigenvalue weighted by atomic mass is 9.77. The van der Waals surface area contributed by atoms with E-state index in [0.29, 0.717) is 36.8 Å². The molecule has 0 bridgehead atoms. The van der Waals surface area contributed by atoms with Crippen LogP contribution in [0.1, 0.15) is 61.3 Å². The molecule has 0 atom stereocenters. The summed E-state index contributed by atoms with van der Waals surface area (Å²) in [5.41, 5.74) is 1.21. The van der Waals surface area contributed by atoms with Crippen LogP contribution in [0.25, 0.3) is 0 Å². The van der Waals surface area contributed by atoms with Crippen molar-refractivity contribution in [2.24, 2.45) is 5.41 Å². The molecule has 1 aromatic rings. The second-order valence-electron chi connectivity index (χ2n) is 6.20. The lowest BCUT2D eigenvalue weighted by Crippen LogP contribution is -2.36. The van der Waals surface area contributed by atoms with Crippen LogP contribution in [0.4, 0.5) is 0 Å². The average molecular weight is 324 g/mol. The molecule has 0 radical (unpaired) electrons. The first-order valence-corrected chi connectivity index (χ1v) is 8.48. The van der Waals surface area contributed by atoms with Crippen molar-refractivity contribution in [2.75, 3.05) is 19.8 Å². The third-order valence-electron chi connectivity index (χ3n) is 4.93. The zero-order valence-corrected chi connectivity index (χ0v) is 14.6. The van der Waals surface area contributed by atoms with E-state index in [4.69, 9.17) is 14.0 Å². The maximum absolute atomic E-state index is 12.2. The highest BCUT2D eigenvalue weighted by Gasteiger charge is 2.39. The summed E-state index contributed by atoms with van der Waals surface area (Å²) in [4.78, 5) is 12.2. The first-order valence-electron chi connectivity index (χ1n) is 8.48. The van der Waals surface area contributed by atoms with Gasteiger partial charge >= 0.3 is 0 Å². The quantitative estimate of drug-likeness (QED) is 0.744. The maximum Gasteiger partial charge on any atom is 0.256 e. The number of aryl methyl sites for hydroxylation is 2. The third kappa shape index (κ3) is 3.93. The highest BCUT2D eigenvalue weighted by atomic mass is 16.7. The molecule has 1 amide bonds. The predicted molar refractivity (Wildman–Crippen MR) is 86.3 cm³/mol. The molecule has 0 saturated carbocycles. The Morgan fingerprint density at radius 1 is 1.26 bits per heavy atom. The van der Waals surface area contributed by atoms with E-state index in [1.807, 2.05) is 0 Å². The van der Waals surface area contributed by atoms with Gasteiger partial charge in [-0.2, -0.15) is 0 Å². The molecule has 6 nitrogen and oxygen atoms in total. The molecule has 0 aromatic carbocycles. The van der Waals surface area contributed by atoms with Gasteiger partial charge in [0.15, 0.2) is 6.29 Å². The highest BCUT2D eigenvalue weighted by molar-refractivity contribution is 5.96. The predicted octanol–water partition coefficient (Wildman–Crippen LogP) is 2.98. The van der Waals surface area contributed by atoms with E-state index in [2.05, 4.69) is 24.3 Å². The molecule has 130 valence electrons. The molecule has 1 aliphatic heterocycles. The van der Waals surface area contributed by atoms with Crippen molar-refractivity contribution in [3.8, 4) is 0 Å². The van der Waals surface area contributed by atoms with Crippen LogP contribution in [0.2, 0.25) is 0 Å². The molecule has 1 N–H and O–H groups in total. The number of ether oxygens (including phenoxy) is 2. The number of rotatable bonds is 8. The molecule has 0 aliphatic carbocycles. The van der Waals surface area contributed by atoms with Gasteiger partial charge in [-0.05, 0) is 39.5 Å². The standard InChI is InChI=1S/C17H28N2O4/c1-5-17(6-2,16-21-10-11-22-16)8-7-9-18-15(20)14-12(3)19-23-13(14)4/h16H,5-11H2,1-4H3,(H,18,20). The molecule has 6 heteroatoms. The number of amides is 1. The Balaban J connectivity index is 1.84. The fourth-order valence-corrected chi connectivity index (χ4v) is 3.30. The zero-order chi connectivity index (χ0) is 16.9. The van der Waals surface area contributed by atoms with E-state index < -0.39 is 0 Å². The van der Waals surface area contributed by atoms with Crippen LogP contribution in [0.3, 0.4) is 0 Å². The van der Waals surface area contributed by atoms with Gasteiger partial charge in [0.2, 0.25) is 0 Å². The zero-order valence-electron chi connectivity index (χ0n) is 14.6. The molecule has 1 saturated heterocycles. The smallest absolute Gasteiger partial charge is 0.256 e. The van der Waals surface area contributed by atoms with Gasteiger partial charge in [-0.25, -0.2) is 0 Å². The molecule has 2 rings (SSSR count). The van der Waals surface area contributed by atoms with Crippen LogP contribution in [0, 0.1) is 19.3 Å². The lowest BCUT2D eigenvalue weighted by molar-refractivity contribution is -0.140.